The van der Waals surface area contributed by atoms with Gasteiger partial charge < -0.3 is 0 Å². The summed E-state index contributed by atoms with van der Waals surface area (Å²) in [6, 6.07) is 19.4. The van der Waals surface area contributed by atoms with Gasteiger partial charge in [-0.3, -0.25) is 9.69 Å². The Morgan fingerprint density at radius 1 is 0.895 bits per heavy atom. The molecule has 0 saturated carbocycles. The van der Waals surface area contributed by atoms with Crippen LogP contribution in [-0.2, 0) is 5.54 Å². The molecule has 0 aliphatic rings. The number of benzene rings is 2. The Morgan fingerprint density at radius 3 is 1.84 bits per heavy atom. The van der Waals surface area contributed by atoms with Crippen molar-refractivity contribution < 1.29 is 4.79 Å². The maximum atomic E-state index is 12.9. The Balaban J connectivity index is 2.50. The van der Waals surface area contributed by atoms with Gasteiger partial charge in [0.15, 0.2) is 5.78 Å². The summed E-state index contributed by atoms with van der Waals surface area (Å²) in [4.78, 5) is 14.8. The van der Waals surface area contributed by atoms with Crippen LogP contribution >= 0.6 is 0 Å². The molecule has 2 aromatic carbocycles. The van der Waals surface area contributed by atoms with Crippen LogP contribution in [0.1, 0.15) is 22.8 Å². The summed E-state index contributed by atoms with van der Waals surface area (Å²) >= 11 is 0. The minimum Gasteiger partial charge on any atom is -0.293 e. The van der Waals surface area contributed by atoms with Crippen LogP contribution in [0.2, 0.25) is 0 Å². The van der Waals surface area contributed by atoms with Crippen LogP contribution in [-0.4, -0.2) is 24.8 Å². The molecule has 0 aliphatic heterocycles. The van der Waals surface area contributed by atoms with Crippen LogP contribution < -0.4 is 0 Å². The Labute approximate surface area is 114 Å². The topological polar surface area (TPSA) is 20.3 Å². The predicted molar refractivity (Wildman–Crippen MR) is 78.3 cm³/mol. The molecule has 0 spiro atoms. The van der Waals surface area contributed by atoms with Crippen molar-refractivity contribution in [2.45, 2.75) is 12.5 Å². The Hall–Kier alpha value is -1.93. The van der Waals surface area contributed by atoms with Gasteiger partial charge in [-0.25, -0.2) is 0 Å². The van der Waals surface area contributed by atoms with Crippen molar-refractivity contribution in [2.24, 2.45) is 0 Å². The van der Waals surface area contributed by atoms with Crippen molar-refractivity contribution in [3.63, 3.8) is 0 Å². The van der Waals surface area contributed by atoms with E-state index in [-0.39, 0.29) is 5.78 Å². The van der Waals surface area contributed by atoms with Crippen molar-refractivity contribution in [2.75, 3.05) is 14.1 Å². The van der Waals surface area contributed by atoms with Gasteiger partial charge in [0.1, 0.15) is 5.54 Å². The number of carbonyl (C=O) groups excluding carboxylic acids is 1. The second-order valence-electron chi connectivity index (χ2n) is 5.03. The first-order chi connectivity index (χ1) is 9.06. The van der Waals surface area contributed by atoms with E-state index in [1.165, 1.54) is 0 Å². The molecule has 0 amide bonds. The van der Waals surface area contributed by atoms with E-state index in [0.29, 0.717) is 0 Å². The SMILES string of the molecule is CN(C)C(C)(C(=O)c1ccccc1)c1ccccc1. The van der Waals surface area contributed by atoms with Gasteiger partial charge in [0, 0.05) is 5.56 Å². The van der Waals surface area contributed by atoms with Crippen molar-refractivity contribution in [3.05, 3.63) is 71.8 Å². The highest BCUT2D eigenvalue weighted by molar-refractivity contribution is 6.03. The number of ketones is 1. The summed E-state index contributed by atoms with van der Waals surface area (Å²) in [7, 11) is 3.88. The molecule has 0 aromatic heterocycles. The van der Waals surface area contributed by atoms with Crippen molar-refractivity contribution in [1.82, 2.24) is 4.90 Å². The Bertz CT molecular complexity index is 548. The van der Waals surface area contributed by atoms with E-state index in [9.17, 15) is 4.79 Å². The van der Waals surface area contributed by atoms with Gasteiger partial charge in [0.2, 0.25) is 0 Å². The van der Waals surface area contributed by atoms with Crippen LogP contribution in [0.15, 0.2) is 60.7 Å². The molecule has 1 atom stereocenters. The molecule has 0 heterocycles. The lowest BCUT2D eigenvalue weighted by molar-refractivity contribution is 0.0715. The minimum atomic E-state index is -0.650. The van der Waals surface area contributed by atoms with E-state index >= 15 is 0 Å². The second kappa shape index (κ2) is 5.37. The number of Topliss-reactive ketones (excluding diaryl/α,β-unsaturated/α-hetero) is 1. The van der Waals surface area contributed by atoms with Crippen LogP contribution in [0.3, 0.4) is 0 Å². The Kier molecular flexibility index (Phi) is 3.82. The van der Waals surface area contributed by atoms with E-state index in [1.54, 1.807) is 0 Å². The standard InChI is InChI=1S/C17H19NO/c1-17(18(2)3,15-12-8-5-9-13-15)16(19)14-10-6-4-7-11-14/h4-13H,1-3H3. The molecule has 0 N–H and O–H groups in total. The molecule has 0 bridgehead atoms. The number of carbonyl (C=O) groups is 1. The van der Waals surface area contributed by atoms with E-state index in [0.717, 1.165) is 11.1 Å². The van der Waals surface area contributed by atoms with Crippen LogP contribution in [0.25, 0.3) is 0 Å². The van der Waals surface area contributed by atoms with E-state index in [4.69, 9.17) is 0 Å². The third kappa shape index (κ3) is 2.45. The van der Waals surface area contributed by atoms with Gasteiger partial charge in [-0.2, -0.15) is 0 Å². The fourth-order valence-corrected chi connectivity index (χ4v) is 2.23. The molecule has 2 heteroatoms. The number of hydrogen-bond donors (Lipinski definition) is 0. The van der Waals surface area contributed by atoms with Gasteiger partial charge in [0.05, 0.1) is 0 Å². The van der Waals surface area contributed by atoms with Crippen LogP contribution in [0.4, 0.5) is 0 Å². The number of hydrogen-bond acceptors (Lipinski definition) is 2. The molecule has 1 unspecified atom stereocenters. The molecular weight excluding hydrogens is 234 g/mol. The van der Waals surface area contributed by atoms with Gasteiger partial charge in [-0.1, -0.05) is 60.7 Å². The zero-order valence-electron chi connectivity index (χ0n) is 11.6. The molecule has 0 aliphatic carbocycles. The fraction of sp³-hybridized carbons (Fsp3) is 0.235. The van der Waals surface area contributed by atoms with Gasteiger partial charge in [-0.15, -0.1) is 0 Å². The maximum Gasteiger partial charge on any atom is 0.187 e. The summed E-state index contributed by atoms with van der Waals surface area (Å²) in [5.74, 6) is 0.115. The summed E-state index contributed by atoms with van der Waals surface area (Å²) in [6.45, 7) is 1.97. The van der Waals surface area contributed by atoms with E-state index in [1.807, 2.05) is 86.6 Å². The first kappa shape index (κ1) is 13.5. The first-order valence-electron chi connectivity index (χ1n) is 6.39. The summed E-state index contributed by atoms with van der Waals surface area (Å²) in [5.41, 5.74) is 1.10. The number of nitrogens with zero attached hydrogens (tertiary/aromatic N) is 1. The molecule has 0 radical (unpaired) electrons. The fourth-order valence-electron chi connectivity index (χ4n) is 2.23. The molecule has 2 nitrogen and oxygen atoms in total. The van der Waals surface area contributed by atoms with Crippen LogP contribution in [0, 0.1) is 0 Å². The third-order valence-electron chi connectivity index (χ3n) is 3.71. The molecule has 2 rings (SSSR count). The normalized spacial score (nSPS) is 14.1. The Morgan fingerprint density at radius 2 is 1.37 bits per heavy atom. The average Bonchev–Trinajstić information content (AvgIpc) is 2.47. The molecular formula is C17H19NO. The predicted octanol–water partition coefficient (Wildman–Crippen LogP) is 3.35. The van der Waals surface area contributed by atoms with Gasteiger partial charge in [0.25, 0.3) is 0 Å². The number of likely N-dealkylation sites (N-methyl/N-ethyl adjacent to an activating group) is 1. The molecule has 2 aromatic rings. The zero-order chi connectivity index (χ0) is 13.9. The summed E-state index contributed by atoms with van der Waals surface area (Å²) < 4.78 is 0. The molecule has 19 heavy (non-hydrogen) atoms. The quantitative estimate of drug-likeness (QED) is 0.779. The third-order valence-corrected chi connectivity index (χ3v) is 3.71. The van der Waals surface area contributed by atoms with Crippen molar-refractivity contribution >= 4 is 5.78 Å². The summed E-state index contributed by atoms with van der Waals surface area (Å²) in [5, 5.41) is 0. The highest BCUT2D eigenvalue weighted by atomic mass is 16.1. The lowest BCUT2D eigenvalue weighted by Crippen LogP contribution is -2.45. The highest BCUT2D eigenvalue weighted by Crippen LogP contribution is 2.30. The van der Waals surface area contributed by atoms with Crippen LogP contribution in [0.5, 0.6) is 0 Å². The maximum absolute atomic E-state index is 12.9. The molecule has 0 saturated heterocycles. The molecule has 0 fully saturated rings. The number of rotatable bonds is 4. The smallest absolute Gasteiger partial charge is 0.187 e. The lowest BCUT2D eigenvalue weighted by Gasteiger charge is -2.35. The highest BCUT2D eigenvalue weighted by Gasteiger charge is 2.37. The second-order valence-corrected chi connectivity index (χ2v) is 5.03. The minimum absolute atomic E-state index is 0.115. The largest absolute Gasteiger partial charge is 0.293 e. The monoisotopic (exact) mass is 253 g/mol. The van der Waals surface area contributed by atoms with Gasteiger partial charge >= 0.3 is 0 Å². The lowest BCUT2D eigenvalue weighted by atomic mass is 9.83. The molecule has 98 valence electrons. The van der Waals surface area contributed by atoms with E-state index in [2.05, 4.69) is 0 Å². The zero-order valence-corrected chi connectivity index (χ0v) is 11.6. The first-order valence-corrected chi connectivity index (χ1v) is 6.39. The van der Waals surface area contributed by atoms with Gasteiger partial charge in [-0.05, 0) is 26.6 Å². The average molecular weight is 253 g/mol. The summed E-state index contributed by atoms with van der Waals surface area (Å²) in [6.07, 6.45) is 0. The van der Waals surface area contributed by atoms with Crippen molar-refractivity contribution in [1.29, 1.82) is 0 Å². The van der Waals surface area contributed by atoms with Crippen molar-refractivity contribution in [3.8, 4) is 0 Å². The van der Waals surface area contributed by atoms with E-state index < -0.39 is 5.54 Å².